The van der Waals surface area contributed by atoms with Gasteiger partial charge in [0.05, 0.1) is 36.0 Å². The molecule has 6 rings (SSSR count). The highest BCUT2D eigenvalue weighted by molar-refractivity contribution is 7.14. The minimum atomic E-state index is -0.653. The monoisotopic (exact) mass is 572 g/mol. The molecule has 1 aromatic heterocycles. The van der Waals surface area contributed by atoms with Gasteiger partial charge in [-0.2, -0.15) is 5.26 Å². The Balaban J connectivity index is 1.16. The van der Waals surface area contributed by atoms with E-state index in [1.54, 1.807) is 11.3 Å². The number of ether oxygens (including phenoxy) is 2. The number of hydrogen-bond donors (Lipinski definition) is 1. The first-order valence-electron chi connectivity index (χ1n) is 14.4. The molecule has 0 amide bonds. The zero-order valence-electron chi connectivity index (χ0n) is 23.6. The summed E-state index contributed by atoms with van der Waals surface area (Å²) in [6.07, 6.45) is 2.18. The van der Waals surface area contributed by atoms with Gasteiger partial charge in [0.2, 0.25) is 0 Å². The van der Waals surface area contributed by atoms with E-state index in [0.717, 1.165) is 91.0 Å². The van der Waals surface area contributed by atoms with Crippen LogP contribution in [0.2, 0.25) is 0 Å². The van der Waals surface area contributed by atoms with Gasteiger partial charge in [-0.25, -0.2) is 4.98 Å². The number of piperidine rings is 1. The smallest absolute Gasteiger partial charge is 0.307 e. The number of thiazole rings is 1. The minimum Gasteiger partial charge on any atom is -0.488 e. The van der Waals surface area contributed by atoms with Gasteiger partial charge in [0.1, 0.15) is 12.4 Å². The van der Waals surface area contributed by atoms with E-state index in [1.165, 1.54) is 0 Å². The molecule has 2 saturated heterocycles. The number of nitriles is 1. The fourth-order valence-corrected chi connectivity index (χ4v) is 7.53. The molecule has 1 aliphatic carbocycles. The van der Waals surface area contributed by atoms with Crippen molar-refractivity contribution in [3.63, 3.8) is 0 Å². The lowest BCUT2D eigenvalue weighted by Gasteiger charge is -2.35. The molecule has 2 aromatic carbocycles. The van der Waals surface area contributed by atoms with E-state index in [0.29, 0.717) is 5.56 Å². The summed E-state index contributed by atoms with van der Waals surface area (Å²) in [4.78, 5) is 21.4. The van der Waals surface area contributed by atoms with Crippen molar-refractivity contribution in [1.82, 2.24) is 9.88 Å². The average molecular weight is 573 g/mol. The number of aryl methyl sites for hydroxylation is 1. The molecule has 9 heteroatoms. The van der Waals surface area contributed by atoms with Crippen molar-refractivity contribution in [3.05, 3.63) is 64.0 Å². The number of aliphatic carboxylic acids is 1. The molecule has 2 aliphatic heterocycles. The van der Waals surface area contributed by atoms with E-state index in [-0.39, 0.29) is 30.5 Å². The number of hydrogen-bond acceptors (Lipinski definition) is 8. The summed E-state index contributed by atoms with van der Waals surface area (Å²) in [5.74, 6) is 0.231. The van der Waals surface area contributed by atoms with Crippen LogP contribution in [0.4, 0.5) is 5.13 Å². The number of aromatic nitrogens is 1. The zero-order valence-corrected chi connectivity index (χ0v) is 24.4. The van der Waals surface area contributed by atoms with Gasteiger partial charge in [0.25, 0.3) is 0 Å². The van der Waals surface area contributed by atoms with E-state index in [2.05, 4.69) is 47.2 Å². The summed E-state index contributed by atoms with van der Waals surface area (Å²) < 4.78 is 12.0. The molecule has 3 fully saturated rings. The van der Waals surface area contributed by atoms with Gasteiger partial charge >= 0.3 is 5.97 Å². The molecule has 214 valence electrons. The van der Waals surface area contributed by atoms with Gasteiger partial charge in [-0.05, 0) is 62.3 Å². The normalized spacial score (nSPS) is 24.3. The lowest BCUT2D eigenvalue weighted by molar-refractivity contribution is -0.144. The van der Waals surface area contributed by atoms with Crippen LogP contribution >= 0.6 is 11.3 Å². The lowest BCUT2D eigenvalue weighted by Crippen LogP contribution is -2.44. The zero-order chi connectivity index (χ0) is 28.5. The van der Waals surface area contributed by atoms with Crippen LogP contribution in [0.5, 0.6) is 5.75 Å². The Morgan fingerprint density at radius 1 is 1.20 bits per heavy atom. The van der Waals surface area contributed by atoms with Gasteiger partial charge in [0.15, 0.2) is 5.13 Å². The van der Waals surface area contributed by atoms with Crippen LogP contribution in [-0.4, -0.2) is 59.8 Å². The lowest BCUT2D eigenvalue weighted by atomic mass is 9.85. The van der Waals surface area contributed by atoms with Crippen LogP contribution in [0.15, 0.2) is 41.8 Å². The number of carboxylic acids is 1. The topological polar surface area (TPSA) is 98.9 Å². The summed E-state index contributed by atoms with van der Waals surface area (Å²) in [6, 6.07) is 14.5. The molecule has 8 nitrogen and oxygen atoms in total. The predicted molar refractivity (Wildman–Crippen MR) is 158 cm³/mol. The van der Waals surface area contributed by atoms with Crippen LogP contribution in [0.1, 0.15) is 42.0 Å². The van der Waals surface area contributed by atoms with Crippen molar-refractivity contribution in [3.8, 4) is 23.1 Å². The first-order chi connectivity index (χ1) is 19.9. The fourth-order valence-electron chi connectivity index (χ4n) is 6.68. The second-order valence-electron chi connectivity index (χ2n) is 11.7. The molecule has 3 aromatic rings. The Bertz CT molecular complexity index is 1450. The molecule has 1 saturated carbocycles. The highest BCUT2D eigenvalue weighted by Gasteiger charge is 2.46. The molecule has 2 unspecified atom stereocenters. The van der Waals surface area contributed by atoms with Crippen molar-refractivity contribution in [2.45, 2.75) is 45.9 Å². The minimum absolute atomic E-state index is 0.189. The highest BCUT2D eigenvalue weighted by Crippen LogP contribution is 2.44. The molecular weight excluding hydrogens is 536 g/mol. The number of benzene rings is 2. The van der Waals surface area contributed by atoms with Crippen LogP contribution in [0, 0.1) is 36.0 Å². The second kappa shape index (κ2) is 11.8. The number of fused-ring (bicyclic) bond motifs is 2. The molecule has 41 heavy (non-hydrogen) atoms. The molecule has 0 spiro atoms. The van der Waals surface area contributed by atoms with Crippen molar-refractivity contribution in [2.24, 2.45) is 17.8 Å². The van der Waals surface area contributed by atoms with E-state index in [9.17, 15) is 15.2 Å². The Hall–Kier alpha value is -3.45. The average Bonchev–Trinajstić information content (AvgIpc) is 3.55. The van der Waals surface area contributed by atoms with E-state index in [1.807, 2.05) is 24.3 Å². The maximum absolute atomic E-state index is 11.8. The van der Waals surface area contributed by atoms with E-state index in [4.69, 9.17) is 14.5 Å². The first-order valence-corrected chi connectivity index (χ1v) is 15.3. The summed E-state index contributed by atoms with van der Waals surface area (Å²) in [6.45, 7) is 9.25. The van der Waals surface area contributed by atoms with Gasteiger partial charge in [-0.1, -0.05) is 23.8 Å². The van der Waals surface area contributed by atoms with Crippen molar-refractivity contribution in [1.29, 1.82) is 5.26 Å². The van der Waals surface area contributed by atoms with Crippen LogP contribution in [0.3, 0.4) is 0 Å². The molecule has 1 N–H and O–H groups in total. The summed E-state index contributed by atoms with van der Waals surface area (Å²) in [5.41, 5.74) is 5.49. The Labute approximate surface area is 245 Å². The largest absolute Gasteiger partial charge is 0.488 e. The SMILES string of the molecule is Cc1ccc(OCc2ccc(CN3CCOC(C)C3)cc2C#N)c(-c2csc(N3CC4CC[C@@H](C3)[C@H]4C(=O)O)n2)c1. The second-order valence-corrected chi connectivity index (χ2v) is 12.5. The predicted octanol–water partition coefficient (Wildman–Crippen LogP) is 5.34. The standard InChI is InChI=1S/C32H36N4O4S/c1-20-3-8-29(40-18-25-5-4-22(12-26(25)13-33)15-35-9-10-39-21(2)14-35)27(11-20)28-19-41-32(34-28)36-16-23-6-7-24(17-36)30(23)31(37)38/h3-5,8,11-12,19,21,23-24,30H,6-7,9-10,14-18H2,1-2H3,(H,37,38)/t21?,23-,24?,30+/m0/s1. The van der Waals surface area contributed by atoms with E-state index >= 15 is 0 Å². The third-order valence-corrected chi connectivity index (χ3v) is 9.60. The molecule has 2 bridgehead atoms. The molecule has 3 heterocycles. The maximum atomic E-state index is 11.8. The quantitative estimate of drug-likeness (QED) is 0.386. The molecule has 3 aliphatic rings. The van der Waals surface area contributed by atoms with Crippen LogP contribution in [0.25, 0.3) is 11.3 Å². The number of rotatable bonds is 8. The fraction of sp³-hybridized carbons (Fsp3) is 0.469. The summed E-state index contributed by atoms with van der Waals surface area (Å²) >= 11 is 1.60. The molecule has 4 atom stereocenters. The third kappa shape index (κ3) is 5.96. The number of nitrogens with zero attached hydrogens (tertiary/aromatic N) is 4. The van der Waals surface area contributed by atoms with Crippen molar-refractivity contribution >= 4 is 22.4 Å². The number of carboxylic acid groups (broad SMARTS) is 1. The summed E-state index contributed by atoms with van der Waals surface area (Å²) in [5, 5.41) is 22.6. The van der Waals surface area contributed by atoms with Gasteiger partial charge in [-0.3, -0.25) is 9.69 Å². The van der Waals surface area contributed by atoms with Crippen molar-refractivity contribution < 1.29 is 19.4 Å². The Morgan fingerprint density at radius 3 is 2.73 bits per heavy atom. The van der Waals surface area contributed by atoms with Gasteiger partial charge in [0, 0.05) is 49.2 Å². The summed E-state index contributed by atoms with van der Waals surface area (Å²) in [7, 11) is 0. The Kier molecular flexibility index (Phi) is 7.98. The highest BCUT2D eigenvalue weighted by atomic mass is 32.1. The first kappa shape index (κ1) is 27.7. The Morgan fingerprint density at radius 2 is 2.00 bits per heavy atom. The third-order valence-electron chi connectivity index (χ3n) is 8.70. The maximum Gasteiger partial charge on any atom is 0.307 e. The van der Waals surface area contributed by atoms with Crippen LogP contribution < -0.4 is 9.64 Å². The van der Waals surface area contributed by atoms with Crippen molar-refractivity contribution in [2.75, 3.05) is 37.7 Å². The number of anilines is 1. The van der Waals surface area contributed by atoms with Gasteiger partial charge in [-0.15, -0.1) is 11.3 Å². The number of morpholine rings is 1. The van der Waals surface area contributed by atoms with E-state index < -0.39 is 5.97 Å². The molecular formula is C32H36N4O4S. The molecule has 0 radical (unpaired) electrons. The van der Waals surface area contributed by atoms with Gasteiger partial charge < -0.3 is 19.5 Å². The number of carbonyl (C=O) groups is 1. The van der Waals surface area contributed by atoms with Crippen LogP contribution in [-0.2, 0) is 22.7 Å².